The summed E-state index contributed by atoms with van der Waals surface area (Å²) in [4.78, 5) is 14.1. The maximum Gasteiger partial charge on any atom is 0.324 e. The van der Waals surface area contributed by atoms with Gasteiger partial charge in [0.2, 0.25) is 0 Å². The highest BCUT2D eigenvalue weighted by atomic mass is 16.5. The summed E-state index contributed by atoms with van der Waals surface area (Å²) in [6.07, 6.45) is 2.28. The van der Waals surface area contributed by atoms with Crippen LogP contribution in [0.3, 0.4) is 0 Å². The van der Waals surface area contributed by atoms with E-state index >= 15 is 0 Å². The minimum atomic E-state index is -0.287. The standard InChI is InChI=1S/C16H24N2O3/c1-4-21-16(19)15(17-12-5-6-12)11-18(2)13-7-9-14(20-3)10-8-13/h7-10,12,15,17H,4-6,11H2,1-3H3. The summed E-state index contributed by atoms with van der Waals surface area (Å²) in [5, 5.41) is 3.36. The third-order valence-corrected chi connectivity index (χ3v) is 3.55. The first kappa shape index (κ1) is 15.6. The Kier molecular flexibility index (Phi) is 5.44. The second-order valence-electron chi connectivity index (χ2n) is 5.32. The van der Waals surface area contributed by atoms with Crippen LogP contribution in [-0.2, 0) is 9.53 Å². The Bertz CT molecular complexity index is 457. The molecular formula is C16H24N2O3. The molecule has 1 fully saturated rings. The maximum atomic E-state index is 12.0. The predicted molar refractivity (Wildman–Crippen MR) is 82.8 cm³/mol. The van der Waals surface area contributed by atoms with E-state index in [2.05, 4.69) is 10.2 Å². The number of benzene rings is 1. The average Bonchev–Trinajstić information content (AvgIpc) is 3.31. The minimum absolute atomic E-state index is 0.176. The molecule has 0 heterocycles. The normalized spacial score (nSPS) is 15.4. The number of nitrogens with one attached hydrogen (secondary N) is 1. The highest BCUT2D eigenvalue weighted by molar-refractivity contribution is 5.77. The van der Waals surface area contributed by atoms with Gasteiger partial charge in [-0.15, -0.1) is 0 Å². The monoisotopic (exact) mass is 292 g/mol. The number of methoxy groups -OCH3 is 1. The van der Waals surface area contributed by atoms with E-state index in [9.17, 15) is 4.79 Å². The van der Waals surface area contributed by atoms with Gasteiger partial charge in [-0.3, -0.25) is 4.79 Å². The fourth-order valence-corrected chi connectivity index (χ4v) is 2.19. The molecule has 116 valence electrons. The van der Waals surface area contributed by atoms with Crippen LogP contribution in [0.2, 0.25) is 0 Å². The van der Waals surface area contributed by atoms with Gasteiger partial charge >= 0.3 is 5.97 Å². The van der Waals surface area contributed by atoms with Crippen LogP contribution in [0.1, 0.15) is 19.8 Å². The number of rotatable bonds is 8. The van der Waals surface area contributed by atoms with Crippen molar-refractivity contribution in [1.29, 1.82) is 0 Å². The van der Waals surface area contributed by atoms with Crippen molar-refractivity contribution in [2.24, 2.45) is 0 Å². The zero-order chi connectivity index (χ0) is 15.2. The van der Waals surface area contributed by atoms with E-state index in [0.29, 0.717) is 19.2 Å². The molecule has 1 unspecified atom stereocenters. The molecule has 0 saturated heterocycles. The first-order valence-corrected chi connectivity index (χ1v) is 7.42. The van der Waals surface area contributed by atoms with E-state index in [1.54, 1.807) is 7.11 Å². The smallest absolute Gasteiger partial charge is 0.324 e. The zero-order valence-electron chi connectivity index (χ0n) is 13.0. The minimum Gasteiger partial charge on any atom is -0.497 e. The highest BCUT2D eigenvalue weighted by Gasteiger charge is 2.30. The van der Waals surface area contributed by atoms with E-state index < -0.39 is 0 Å². The molecule has 21 heavy (non-hydrogen) atoms. The van der Waals surface area contributed by atoms with Crippen LogP contribution in [0.5, 0.6) is 5.75 Å². The van der Waals surface area contributed by atoms with Crippen LogP contribution < -0.4 is 15.0 Å². The molecule has 5 heteroatoms. The van der Waals surface area contributed by atoms with Crippen molar-refractivity contribution >= 4 is 11.7 Å². The Balaban J connectivity index is 1.97. The fraction of sp³-hybridized carbons (Fsp3) is 0.562. The van der Waals surface area contributed by atoms with Crippen LogP contribution >= 0.6 is 0 Å². The lowest BCUT2D eigenvalue weighted by atomic mass is 10.2. The van der Waals surface area contributed by atoms with Crippen LogP contribution in [0.4, 0.5) is 5.69 Å². The molecule has 1 atom stereocenters. The van der Waals surface area contributed by atoms with Crippen LogP contribution in [0, 0.1) is 0 Å². The summed E-state index contributed by atoms with van der Waals surface area (Å²) >= 11 is 0. The summed E-state index contributed by atoms with van der Waals surface area (Å²) in [6, 6.07) is 7.98. The van der Waals surface area contributed by atoms with E-state index in [1.807, 2.05) is 38.2 Å². The van der Waals surface area contributed by atoms with Gasteiger partial charge in [0.15, 0.2) is 0 Å². The number of hydrogen-bond acceptors (Lipinski definition) is 5. The van der Waals surface area contributed by atoms with Gasteiger partial charge in [-0.05, 0) is 44.0 Å². The molecule has 1 aliphatic rings. The second-order valence-corrected chi connectivity index (χ2v) is 5.32. The SMILES string of the molecule is CCOC(=O)C(CN(C)c1ccc(OC)cc1)NC1CC1. The van der Waals surface area contributed by atoms with Gasteiger partial charge < -0.3 is 19.7 Å². The molecule has 0 amide bonds. The number of esters is 1. The topological polar surface area (TPSA) is 50.8 Å². The van der Waals surface area contributed by atoms with E-state index in [1.165, 1.54) is 0 Å². The van der Waals surface area contributed by atoms with Crippen LogP contribution in [0.15, 0.2) is 24.3 Å². The van der Waals surface area contributed by atoms with Crippen molar-refractivity contribution in [2.45, 2.75) is 31.8 Å². The van der Waals surface area contributed by atoms with Gasteiger partial charge in [-0.2, -0.15) is 0 Å². The number of nitrogens with zero attached hydrogens (tertiary/aromatic N) is 1. The van der Waals surface area contributed by atoms with E-state index in [4.69, 9.17) is 9.47 Å². The molecule has 1 N–H and O–H groups in total. The number of carbonyl (C=O) groups excluding carboxylic acids is 1. The number of hydrogen-bond donors (Lipinski definition) is 1. The van der Waals surface area contributed by atoms with Gasteiger partial charge in [0.1, 0.15) is 11.8 Å². The lowest BCUT2D eigenvalue weighted by molar-refractivity contribution is -0.145. The Morgan fingerprint density at radius 2 is 2.05 bits per heavy atom. The Morgan fingerprint density at radius 3 is 2.57 bits per heavy atom. The quantitative estimate of drug-likeness (QED) is 0.741. The molecular weight excluding hydrogens is 268 g/mol. The second kappa shape index (κ2) is 7.31. The summed E-state index contributed by atoms with van der Waals surface area (Å²) < 4.78 is 10.3. The van der Waals surface area contributed by atoms with Crippen LogP contribution in [0.25, 0.3) is 0 Å². The number of carbonyl (C=O) groups is 1. The molecule has 0 spiro atoms. The number of likely N-dealkylation sites (N-methyl/N-ethyl adjacent to an activating group) is 1. The van der Waals surface area contributed by atoms with Gasteiger partial charge in [0, 0.05) is 25.3 Å². The fourth-order valence-electron chi connectivity index (χ4n) is 2.19. The van der Waals surface area contributed by atoms with Crippen molar-refractivity contribution in [3.8, 4) is 5.75 Å². The Hall–Kier alpha value is -1.75. The highest BCUT2D eigenvalue weighted by Crippen LogP contribution is 2.21. The lowest BCUT2D eigenvalue weighted by Gasteiger charge is -2.25. The average molecular weight is 292 g/mol. The van der Waals surface area contributed by atoms with E-state index in [0.717, 1.165) is 24.3 Å². The van der Waals surface area contributed by atoms with Crippen molar-refractivity contribution in [3.63, 3.8) is 0 Å². The summed E-state index contributed by atoms with van der Waals surface area (Å²) in [5.74, 6) is 0.648. The largest absolute Gasteiger partial charge is 0.497 e. The Labute approximate surface area is 126 Å². The lowest BCUT2D eigenvalue weighted by Crippen LogP contribution is -2.47. The molecule has 2 rings (SSSR count). The van der Waals surface area contributed by atoms with Crippen molar-refractivity contribution in [2.75, 3.05) is 32.2 Å². The number of anilines is 1. The molecule has 1 saturated carbocycles. The van der Waals surface area contributed by atoms with Gasteiger partial charge in [-0.1, -0.05) is 0 Å². The first-order valence-electron chi connectivity index (χ1n) is 7.42. The number of ether oxygens (including phenoxy) is 2. The third-order valence-electron chi connectivity index (χ3n) is 3.55. The Morgan fingerprint density at radius 1 is 1.38 bits per heavy atom. The zero-order valence-corrected chi connectivity index (χ0v) is 13.0. The van der Waals surface area contributed by atoms with Crippen LogP contribution in [-0.4, -0.2) is 45.4 Å². The van der Waals surface area contributed by atoms with E-state index in [-0.39, 0.29) is 12.0 Å². The molecule has 1 aromatic rings. The predicted octanol–water partition coefficient (Wildman–Crippen LogP) is 1.82. The van der Waals surface area contributed by atoms with Gasteiger partial charge in [-0.25, -0.2) is 0 Å². The molecule has 5 nitrogen and oxygen atoms in total. The molecule has 0 bridgehead atoms. The van der Waals surface area contributed by atoms with Gasteiger partial charge in [0.05, 0.1) is 13.7 Å². The maximum absolute atomic E-state index is 12.0. The molecule has 0 radical (unpaired) electrons. The summed E-state index contributed by atoms with van der Waals surface area (Å²) in [7, 11) is 3.62. The summed E-state index contributed by atoms with van der Waals surface area (Å²) in [6.45, 7) is 2.83. The molecule has 0 aromatic heterocycles. The third kappa shape index (κ3) is 4.63. The molecule has 1 aliphatic carbocycles. The van der Waals surface area contributed by atoms with Crippen molar-refractivity contribution in [1.82, 2.24) is 5.32 Å². The summed E-state index contributed by atoms with van der Waals surface area (Å²) in [5.41, 5.74) is 1.04. The molecule has 0 aliphatic heterocycles. The molecule has 1 aromatic carbocycles. The van der Waals surface area contributed by atoms with Crippen molar-refractivity contribution < 1.29 is 14.3 Å². The van der Waals surface area contributed by atoms with Crippen molar-refractivity contribution in [3.05, 3.63) is 24.3 Å². The van der Waals surface area contributed by atoms with Gasteiger partial charge in [0.25, 0.3) is 0 Å². The first-order chi connectivity index (χ1) is 10.1.